The molecule has 1 aromatic rings. The SMILES string of the molecule is COC(=O)c1cocc1S. The number of ether oxygens (including phenoxy) is 1. The Morgan fingerprint density at radius 1 is 1.70 bits per heavy atom. The number of hydrogen-bond acceptors (Lipinski definition) is 4. The van der Waals surface area contributed by atoms with Crippen LogP contribution in [0.25, 0.3) is 0 Å². The van der Waals surface area contributed by atoms with E-state index in [2.05, 4.69) is 17.4 Å². The fourth-order valence-electron chi connectivity index (χ4n) is 0.553. The molecule has 0 radical (unpaired) electrons. The van der Waals surface area contributed by atoms with Crippen molar-refractivity contribution >= 4 is 18.6 Å². The Morgan fingerprint density at radius 2 is 2.40 bits per heavy atom. The van der Waals surface area contributed by atoms with E-state index in [1.165, 1.54) is 19.6 Å². The Bertz CT molecular complexity index is 241. The maximum Gasteiger partial charge on any atom is 0.342 e. The molecule has 0 N–H and O–H groups in total. The van der Waals surface area contributed by atoms with Gasteiger partial charge in [-0.1, -0.05) is 0 Å². The molecule has 0 unspecified atom stereocenters. The number of furan rings is 1. The van der Waals surface area contributed by atoms with Gasteiger partial charge in [-0.05, 0) is 0 Å². The van der Waals surface area contributed by atoms with Gasteiger partial charge in [0.2, 0.25) is 0 Å². The molecule has 0 aliphatic carbocycles. The van der Waals surface area contributed by atoms with Crippen LogP contribution >= 0.6 is 12.6 Å². The number of rotatable bonds is 1. The maximum absolute atomic E-state index is 10.8. The summed E-state index contributed by atoms with van der Waals surface area (Å²) in [5, 5.41) is 0. The van der Waals surface area contributed by atoms with Crippen molar-refractivity contribution < 1.29 is 13.9 Å². The fourth-order valence-corrected chi connectivity index (χ4v) is 0.758. The second-order valence-electron chi connectivity index (χ2n) is 1.66. The first-order valence-corrected chi connectivity index (χ1v) is 3.04. The van der Waals surface area contributed by atoms with Gasteiger partial charge in [0.25, 0.3) is 0 Å². The highest BCUT2D eigenvalue weighted by atomic mass is 32.1. The van der Waals surface area contributed by atoms with Gasteiger partial charge in [0.05, 0.1) is 12.0 Å². The lowest BCUT2D eigenvalue weighted by Crippen LogP contribution is -1.99. The summed E-state index contributed by atoms with van der Waals surface area (Å²) in [6, 6.07) is 0. The molecule has 0 aliphatic heterocycles. The van der Waals surface area contributed by atoms with Gasteiger partial charge < -0.3 is 9.15 Å². The molecule has 0 aliphatic rings. The van der Waals surface area contributed by atoms with Gasteiger partial charge in [-0.25, -0.2) is 4.79 Å². The molecule has 4 heteroatoms. The normalized spacial score (nSPS) is 9.40. The Labute approximate surface area is 63.4 Å². The van der Waals surface area contributed by atoms with Gasteiger partial charge in [0.15, 0.2) is 0 Å². The molecule has 0 amide bonds. The molecule has 0 bridgehead atoms. The highest BCUT2D eigenvalue weighted by Crippen LogP contribution is 2.14. The lowest BCUT2D eigenvalue weighted by molar-refractivity contribution is 0.0596. The zero-order valence-corrected chi connectivity index (χ0v) is 6.22. The topological polar surface area (TPSA) is 39.4 Å². The Kier molecular flexibility index (Phi) is 2.01. The first-order valence-electron chi connectivity index (χ1n) is 2.59. The molecule has 10 heavy (non-hydrogen) atoms. The lowest BCUT2D eigenvalue weighted by atomic mass is 10.3. The fraction of sp³-hybridized carbons (Fsp3) is 0.167. The van der Waals surface area contributed by atoms with Gasteiger partial charge in [0.1, 0.15) is 18.1 Å². The molecular weight excluding hydrogens is 152 g/mol. The first-order chi connectivity index (χ1) is 4.75. The van der Waals surface area contributed by atoms with Crippen LogP contribution in [-0.4, -0.2) is 13.1 Å². The van der Waals surface area contributed by atoms with E-state index in [9.17, 15) is 4.79 Å². The highest BCUT2D eigenvalue weighted by molar-refractivity contribution is 7.80. The summed E-state index contributed by atoms with van der Waals surface area (Å²) in [5.74, 6) is -0.432. The van der Waals surface area contributed by atoms with Crippen LogP contribution in [0, 0.1) is 0 Å². The van der Waals surface area contributed by atoms with Crippen LogP contribution in [0.3, 0.4) is 0 Å². The van der Waals surface area contributed by atoms with E-state index in [0.717, 1.165) is 0 Å². The largest absolute Gasteiger partial charge is 0.470 e. The monoisotopic (exact) mass is 158 g/mol. The average molecular weight is 158 g/mol. The van der Waals surface area contributed by atoms with Crippen LogP contribution in [0.4, 0.5) is 0 Å². The van der Waals surface area contributed by atoms with Gasteiger partial charge in [0, 0.05) is 0 Å². The van der Waals surface area contributed by atoms with Crippen LogP contribution in [0.15, 0.2) is 21.8 Å². The third kappa shape index (κ3) is 1.16. The molecule has 0 saturated carbocycles. The van der Waals surface area contributed by atoms with Gasteiger partial charge in [-0.2, -0.15) is 0 Å². The van der Waals surface area contributed by atoms with E-state index in [1.807, 2.05) is 0 Å². The van der Waals surface area contributed by atoms with Gasteiger partial charge >= 0.3 is 5.97 Å². The molecule has 1 rings (SSSR count). The van der Waals surface area contributed by atoms with Crippen molar-refractivity contribution in [3.8, 4) is 0 Å². The number of methoxy groups -OCH3 is 1. The number of thiol groups is 1. The maximum atomic E-state index is 10.8. The van der Waals surface area contributed by atoms with E-state index in [1.54, 1.807) is 0 Å². The minimum atomic E-state index is -0.432. The summed E-state index contributed by atoms with van der Waals surface area (Å²) < 4.78 is 9.12. The minimum absolute atomic E-state index is 0.353. The van der Waals surface area contributed by atoms with Crippen molar-refractivity contribution in [1.29, 1.82) is 0 Å². The first kappa shape index (κ1) is 7.21. The number of esters is 1. The van der Waals surface area contributed by atoms with Crippen molar-refractivity contribution in [3.05, 3.63) is 18.1 Å². The summed E-state index contributed by atoms with van der Waals surface area (Å²) in [5.41, 5.74) is 0.353. The van der Waals surface area contributed by atoms with Gasteiger partial charge in [-0.3, -0.25) is 0 Å². The number of carbonyl (C=O) groups excluding carboxylic acids is 1. The van der Waals surface area contributed by atoms with Crippen molar-refractivity contribution in [2.75, 3.05) is 7.11 Å². The third-order valence-corrected chi connectivity index (χ3v) is 1.39. The van der Waals surface area contributed by atoms with E-state index < -0.39 is 5.97 Å². The van der Waals surface area contributed by atoms with Gasteiger partial charge in [-0.15, -0.1) is 12.6 Å². The molecule has 1 heterocycles. The van der Waals surface area contributed by atoms with Crippen LogP contribution in [0.2, 0.25) is 0 Å². The average Bonchev–Trinajstić information content (AvgIpc) is 2.34. The van der Waals surface area contributed by atoms with Crippen LogP contribution in [0.1, 0.15) is 10.4 Å². The molecule has 0 spiro atoms. The number of hydrogen-bond donors (Lipinski definition) is 1. The summed E-state index contributed by atoms with van der Waals surface area (Å²) in [7, 11) is 1.31. The molecule has 1 aromatic heterocycles. The molecule has 54 valence electrons. The predicted octanol–water partition coefficient (Wildman–Crippen LogP) is 1.35. The summed E-state index contributed by atoms with van der Waals surface area (Å²) >= 11 is 3.95. The second kappa shape index (κ2) is 2.79. The van der Waals surface area contributed by atoms with E-state index in [-0.39, 0.29) is 0 Å². The van der Waals surface area contributed by atoms with E-state index in [0.29, 0.717) is 10.5 Å². The van der Waals surface area contributed by atoms with Crippen molar-refractivity contribution in [1.82, 2.24) is 0 Å². The van der Waals surface area contributed by atoms with Crippen LogP contribution < -0.4 is 0 Å². The van der Waals surface area contributed by atoms with Crippen molar-refractivity contribution in [2.45, 2.75) is 4.90 Å². The molecular formula is C6H6O3S. The summed E-state index contributed by atoms with van der Waals surface area (Å²) in [6.45, 7) is 0. The van der Waals surface area contributed by atoms with E-state index in [4.69, 9.17) is 4.42 Å². The summed E-state index contributed by atoms with van der Waals surface area (Å²) in [4.78, 5) is 11.3. The van der Waals surface area contributed by atoms with Crippen molar-refractivity contribution in [2.24, 2.45) is 0 Å². The second-order valence-corrected chi connectivity index (χ2v) is 2.14. The predicted molar refractivity (Wildman–Crippen MR) is 37.3 cm³/mol. The zero-order valence-electron chi connectivity index (χ0n) is 5.33. The minimum Gasteiger partial charge on any atom is -0.470 e. The third-order valence-electron chi connectivity index (χ3n) is 1.05. The lowest BCUT2D eigenvalue weighted by Gasteiger charge is -1.92. The smallest absolute Gasteiger partial charge is 0.342 e. The standard InChI is InChI=1S/C6H6O3S/c1-8-6(7)4-2-9-3-5(4)10/h2-3,10H,1H3. The molecule has 3 nitrogen and oxygen atoms in total. The van der Waals surface area contributed by atoms with Crippen LogP contribution in [-0.2, 0) is 4.74 Å². The molecule has 0 aromatic carbocycles. The van der Waals surface area contributed by atoms with Crippen molar-refractivity contribution in [3.63, 3.8) is 0 Å². The van der Waals surface area contributed by atoms with E-state index >= 15 is 0 Å². The summed E-state index contributed by atoms with van der Waals surface area (Å²) in [6.07, 6.45) is 2.67. The number of carbonyl (C=O) groups is 1. The Morgan fingerprint density at radius 3 is 2.80 bits per heavy atom. The molecule has 0 fully saturated rings. The Hall–Kier alpha value is -0.900. The Balaban J connectivity index is 2.93. The molecule has 0 atom stereocenters. The molecule has 0 saturated heterocycles. The highest BCUT2D eigenvalue weighted by Gasteiger charge is 2.10. The quantitative estimate of drug-likeness (QED) is 0.495. The zero-order chi connectivity index (χ0) is 7.56. The van der Waals surface area contributed by atoms with Crippen LogP contribution in [0.5, 0.6) is 0 Å².